The van der Waals surface area contributed by atoms with Crippen LogP contribution in [-0.2, 0) is 17.7 Å². The molecule has 0 amide bonds. The van der Waals surface area contributed by atoms with Crippen molar-refractivity contribution < 1.29 is 9.13 Å². The highest BCUT2D eigenvalue weighted by molar-refractivity contribution is 7.80. The van der Waals surface area contributed by atoms with Crippen LogP contribution in [0.15, 0.2) is 53.3 Å². The number of aryl methyl sites for hydroxylation is 1. The van der Waals surface area contributed by atoms with E-state index in [1.807, 2.05) is 23.1 Å². The lowest BCUT2D eigenvalue weighted by Gasteiger charge is -2.28. The van der Waals surface area contributed by atoms with Crippen molar-refractivity contribution in [1.29, 1.82) is 0 Å². The van der Waals surface area contributed by atoms with E-state index in [-0.39, 0.29) is 17.5 Å². The van der Waals surface area contributed by atoms with Crippen LogP contribution in [0, 0.1) is 5.82 Å². The molecule has 0 radical (unpaired) electrons. The first kappa shape index (κ1) is 21.5. The van der Waals surface area contributed by atoms with E-state index in [1.165, 1.54) is 17.7 Å². The van der Waals surface area contributed by atoms with Gasteiger partial charge < -0.3 is 19.9 Å². The first-order valence-electron chi connectivity index (χ1n) is 10.6. The number of nitrogens with one attached hydrogen (secondary N) is 2. The number of pyridine rings is 1. The lowest BCUT2D eigenvalue weighted by molar-refractivity contribution is 0.0904. The van der Waals surface area contributed by atoms with Crippen molar-refractivity contribution in [2.45, 2.75) is 38.8 Å². The highest BCUT2D eigenvalue weighted by Crippen LogP contribution is 2.19. The molecular formula is C24H26FN3O2S. The lowest BCUT2D eigenvalue weighted by Crippen LogP contribution is -2.40. The lowest BCUT2D eigenvalue weighted by atomic mass is 10.1. The van der Waals surface area contributed by atoms with Crippen molar-refractivity contribution in [3.63, 3.8) is 0 Å². The molecule has 162 valence electrons. The molecule has 2 heterocycles. The molecular weight excluding hydrogens is 413 g/mol. The molecule has 4 rings (SSSR count). The van der Waals surface area contributed by atoms with Gasteiger partial charge in [-0.15, -0.1) is 0 Å². The van der Waals surface area contributed by atoms with Crippen molar-refractivity contribution in [3.8, 4) is 0 Å². The van der Waals surface area contributed by atoms with E-state index in [9.17, 15) is 9.18 Å². The van der Waals surface area contributed by atoms with Crippen molar-refractivity contribution in [3.05, 3.63) is 75.8 Å². The van der Waals surface area contributed by atoms with Crippen molar-refractivity contribution in [1.82, 2.24) is 9.88 Å². The molecule has 3 aromatic rings. The van der Waals surface area contributed by atoms with E-state index in [0.717, 1.165) is 36.8 Å². The first-order valence-corrected chi connectivity index (χ1v) is 11.0. The Hall–Kier alpha value is -2.77. The molecule has 0 bridgehead atoms. The summed E-state index contributed by atoms with van der Waals surface area (Å²) in [6, 6.07) is 14.1. The Kier molecular flexibility index (Phi) is 6.63. The van der Waals surface area contributed by atoms with Crippen LogP contribution in [0.25, 0.3) is 10.9 Å². The fourth-order valence-corrected chi connectivity index (χ4v) is 4.09. The SMILES string of the molecule is CCc1ccc2[nH]c(=O)c(CN(CC3CCCO3)C(=S)Nc3ccc(F)cc3)cc2c1. The second kappa shape index (κ2) is 9.58. The molecule has 7 heteroatoms. The Bertz CT molecular complexity index is 1120. The zero-order chi connectivity index (χ0) is 21.8. The maximum Gasteiger partial charge on any atom is 0.253 e. The van der Waals surface area contributed by atoms with Crippen molar-refractivity contribution in [2.75, 3.05) is 18.5 Å². The summed E-state index contributed by atoms with van der Waals surface area (Å²) in [7, 11) is 0. The highest BCUT2D eigenvalue weighted by Gasteiger charge is 2.22. The van der Waals surface area contributed by atoms with Crippen LogP contribution in [-0.4, -0.2) is 34.3 Å². The average molecular weight is 440 g/mol. The summed E-state index contributed by atoms with van der Waals surface area (Å²) in [6.07, 6.45) is 2.98. The molecule has 2 N–H and O–H groups in total. The third kappa shape index (κ3) is 5.29. The maximum absolute atomic E-state index is 13.2. The molecule has 1 unspecified atom stereocenters. The second-order valence-electron chi connectivity index (χ2n) is 7.85. The van der Waals surface area contributed by atoms with Gasteiger partial charge in [0.05, 0.1) is 12.6 Å². The highest BCUT2D eigenvalue weighted by atomic mass is 32.1. The van der Waals surface area contributed by atoms with Gasteiger partial charge >= 0.3 is 0 Å². The van der Waals surface area contributed by atoms with Gasteiger partial charge in [-0.1, -0.05) is 13.0 Å². The molecule has 1 aliphatic heterocycles. The van der Waals surface area contributed by atoms with E-state index in [4.69, 9.17) is 17.0 Å². The zero-order valence-corrected chi connectivity index (χ0v) is 18.3. The molecule has 1 atom stereocenters. The fourth-order valence-electron chi connectivity index (χ4n) is 3.83. The van der Waals surface area contributed by atoms with Crippen LogP contribution < -0.4 is 10.9 Å². The molecule has 0 saturated carbocycles. The summed E-state index contributed by atoms with van der Waals surface area (Å²) >= 11 is 5.66. The normalized spacial score (nSPS) is 15.9. The molecule has 0 aliphatic carbocycles. The number of H-pyrrole nitrogens is 1. The van der Waals surface area contributed by atoms with Crippen LogP contribution >= 0.6 is 12.2 Å². The predicted octanol–water partition coefficient (Wildman–Crippen LogP) is 4.61. The predicted molar refractivity (Wildman–Crippen MR) is 126 cm³/mol. The maximum atomic E-state index is 13.2. The molecule has 1 aromatic heterocycles. The number of nitrogens with zero attached hydrogens (tertiary/aromatic N) is 1. The quantitative estimate of drug-likeness (QED) is 0.550. The Balaban J connectivity index is 1.60. The number of anilines is 1. The van der Waals surface area contributed by atoms with Gasteiger partial charge in [-0.3, -0.25) is 4.79 Å². The largest absolute Gasteiger partial charge is 0.376 e. The third-order valence-electron chi connectivity index (χ3n) is 5.59. The number of aromatic nitrogens is 1. The summed E-state index contributed by atoms with van der Waals surface area (Å²) < 4.78 is 19.0. The number of hydrogen-bond donors (Lipinski definition) is 2. The van der Waals surface area contributed by atoms with Crippen LogP contribution in [0.1, 0.15) is 30.9 Å². The fraction of sp³-hybridized carbons (Fsp3) is 0.333. The Morgan fingerprint density at radius 2 is 2.06 bits per heavy atom. The van der Waals surface area contributed by atoms with Gasteiger partial charge in [0.15, 0.2) is 5.11 Å². The number of rotatable bonds is 6. The summed E-state index contributed by atoms with van der Waals surface area (Å²) in [5.74, 6) is -0.304. The molecule has 5 nitrogen and oxygen atoms in total. The zero-order valence-electron chi connectivity index (χ0n) is 17.5. The van der Waals surface area contributed by atoms with Gasteiger partial charge in [0.2, 0.25) is 0 Å². The number of hydrogen-bond acceptors (Lipinski definition) is 3. The van der Waals surface area contributed by atoms with E-state index >= 15 is 0 Å². The summed E-state index contributed by atoms with van der Waals surface area (Å²) in [4.78, 5) is 17.7. The summed E-state index contributed by atoms with van der Waals surface area (Å²) in [5.41, 5.74) is 3.25. The van der Waals surface area contributed by atoms with Gasteiger partial charge in [0.25, 0.3) is 5.56 Å². The molecule has 1 saturated heterocycles. The first-order chi connectivity index (χ1) is 15.0. The van der Waals surface area contributed by atoms with Crippen molar-refractivity contribution in [2.24, 2.45) is 0 Å². The van der Waals surface area contributed by atoms with Gasteiger partial charge in [-0.2, -0.15) is 0 Å². The summed E-state index contributed by atoms with van der Waals surface area (Å²) in [6.45, 7) is 3.79. The Morgan fingerprint density at radius 3 is 2.77 bits per heavy atom. The monoisotopic (exact) mass is 439 g/mol. The number of fused-ring (bicyclic) bond motifs is 1. The smallest absolute Gasteiger partial charge is 0.253 e. The molecule has 31 heavy (non-hydrogen) atoms. The Morgan fingerprint density at radius 1 is 1.26 bits per heavy atom. The minimum Gasteiger partial charge on any atom is -0.376 e. The van der Waals surface area contributed by atoms with Gasteiger partial charge in [-0.25, -0.2) is 4.39 Å². The van der Waals surface area contributed by atoms with E-state index in [1.54, 1.807) is 12.1 Å². The van der Waals surface area contributed by atoms with E-state index < -0.39 is 0 Å². The number of ether oxygens (including phenoxy) is 1. The number of aromatic amines is 1. The third-order valence-corrected chi connectivity index (χ3v) is 5.95. The second-order valence-corrected chi connectivity index (χ2v) is 8.24. The van der Waals surface area contributed by atoms with Crippen LogP contribution in [0.2, 0.25) is 0 Å². The van der Waals surface area contributed by atoms with E-state index in [2.05, 4.69) is 23.3 Å². The van der Waals surface area contributed by atoms with Crippen LogP contribution in [0.3, 0.4) is 0 Å². The average Bonchev–Trinajstić information content (AvgIpc) is 3.28. The standard InChI is InChI=1S/C24H26FN3O2S/c1-2-16-5-10-22-17(12-16)13-18(23(29)27-22)14-28(15-21-4-3-11-30-21)24(31)26-20-8-6-19(25)7-9-20/h5-10,12-13,21H,2-4,11,14-15H2,1H3,(H,26,31)(H,27,29). The van der Waals surface area contributed by atoms with Gasteiger partial charge in [0, 0.05) is 29.9 Å². The Labute approximate surface area is 186 Å². The van der Waals surface area contributed by atoms with Crippen molar-refractivity contribution >= 4 is 33.9 Å². The number of benzene rings is 2. The molecule has 0 spiro atoms. The van der Waals surface area contributed by atoms with Crippen LogP contribution in [0.5, 0.6) is 0 Å². The minimum absolute atomic E-state index is 0.0687. The summed E-state index contributed by atoms with van der Waals surface area (Å²) in [5, 5.41) is 4.64. The van der Waals surface area contributed by atoms with E-state index in [0.29, 0.717) is 29.5 Å². The topological polar surface area (TPSA) is 57.4 Å². The van der Waals surface area contributed by atoms with Gasteiger partial charge in [-0.05, 0) is 84.9 Å². The molecule has 1 fully saturated rings. The number of halogens is 1. The van der Waals surface area contributed by atoms with Gasteiger partial charge in [0.1, 0.15) is 5.82 Å². The molecule has 2 aromatic carbocycles. The molecule has 1 aliphatic rings. The van der Waals surface area contributed by atoms with Crippen LogP contribution in [0.4, 0.5) is 10.1 Å². The number of thiocarbonyl (C=S) groups is 1. The minimum atomic E-state index is -0.304.